The van der Waals surface area contributed by atoms with E-state index < -0.39 is 10.9 Å². The standard InChI is InChI=1S/C18H12N2O4/c21-18(22)16-11-13(19-17-7-2-1-6-15(16)17)9-8-12-4-3-5-14(10-12)20(23)24/h1-11H,(H,21,22)/b9-8-. The molecule has 0 fully saturated rings. The van der Waals surface area contributed by atoms with Crippen molar-refractivity contribution in [3.05, 3.63) is 81.5 Å². The average molecular weight is 320 g/mol. The number of non-ortho nitro benzene ring substituents is 1. The first-order valence-electron chi connectivity index (χ1n) is 7.10. The Hall–Kier alpha value is -3.54. The Balaban J connectivity index is 2.02. The number of carboxylic acid groups (broad SMARTS) is 1. The molecule has 0 saturated carbocycles. The van der Waals surface area contributed by atoms with Crippen LogP contribution in [0.25, 0.3) is 23.1 Å². The van der Waals surface area contributed by atoms with Gasteiger partial charge in [-0.3, -0.25) is 10.1 Å². The minimum absolute atomic E-state index is 0.00477. The quantitative estimate of drug-likeness (QED) is 0.579. The second-order valence-corrected chi connectivity index (χ2v) is 5.10. The number of nitrogens with zero attached hydrogens (tertiary/aromatic N) is 2. The Labute approximate surface area is 136 Å². The topological polar surface area (TPSA) is 93.3 Å². The number of rotatable bonds is 4. The van der Waals surface area contributed by atoms with Gasteiger partial charge in [-0.05, 0) is 23.8 Å². The molecule has 0 aliphatic carbocycles. The van der Waals surface area contributed by atoms with Crippen molar-refractivity contribution in [2.45, 2.75) is 0 Å². The van der Waals surface area contributed by atoms with Crippen molar-refractivity contribution >= 4 is 34.7 Å². The summed E-state index contributed by atoms with van der Waals surface area (Å²) in [6, 6.07) is 14.6. The second-order valence-electron chi connectivity index (χ2n) is 5.10. The molecule has 0 spiro atoms. The largest absolute Gasteiger partial charge is 0.478 e. The lowest BCUT2D eigenvalue weighted by Crippen LogP contribution is -2.00. The molecule has 0 radical (unpaired) electrons. The van der Waals surface area contributed by atoms with Crippen molar-refractivity contribution in [1.29, 1.82) is 0 Å². The van der Waals surface area contributed by atoms with Gasteiger partial charge in [0.15, 0.2) is 0 Å². The number of pyridine rings is 1. The van der Waals surface area contributed by atoms with Crippen LogP contribution >= 0.6 is 0 Å². The molecule has 24 heavy (non-hydrogen) atoms. The third-order valence-corrected chi connectivity index (χ3v) is 3.49. The Bertz CT molecular complexity index is 980. The number of aromatic nitrogens is 1. The average Bonchev–Trinajstić information content (AvgIpc) is 2.59. The monoisotopic (exact) mass is 320 g/mol. The Morgan fingerprint density at radius 1 is 1.08 bits per heavy atom. The molecular formula is C18H12N2O4. The molecule has 1 N–H and O–H groups in total. The van der Waals surface area contributed by atoms with Gasteiger partial charge < -0.3 is 5.11 Å². The number of aromatic carboxylic acids is 1. The van der Waals surface area contributed by atoms with Gasteiger partial charge in [-0.1, -0.05) is 36.4 Å². The fourth-order valence-electron chi connectivity index (χ4n) is 2.38. The molecule has 0 atom stereocenters. The molecule has 1 heterocycles. The molecule has 118 valence electrons. The summed E-state index contributed by atoms with van der Waals surface area (Å²) in [6.45, 7) is 0. The summed E-state index contributed by atoms with van der Waals surface area (Å²) in [7, 11) is 0. The zero-order valence-corrected chi connectivity index (χ0v) is 12.4. The summed E-state index contributed by atoms with van der Waals surface area (Å²) >= 11 is 0. The van der Waals surface area contributed by atoms with Gasteiger partial charge >= 0.3 is 5.97 Å². The summed E-state index contributed by atoms with van der Waals surface area (Å²) in [5, 5.41) is 20.7. The number of carbonyl (C=O) groups is 1. The van der Waals surface area contributed by atoms with E-state index in [1.807, 2.05) is 0 Å². The van der Waals surface area contributed by atoms with E-state index in [0.29, 0.717) is 22.2 Å². The number of para-hydroxylation sites is 1. The van der Waals surface area contributed by atoms with Crippen molar-refractivity contribution in [2.24, 2.45) is 0 Å². The third-order valence-electron chi connectivity index (χ3n) is 3.49. The van der Waals surface area contributed by atoms with Gasteiger partial charge in [-0.25, -0.2) is 9.78 Å². The molecule has 3 rings (SSSR count). The number of nitro benzene ring substituents is 1. The minimum Gasteiger partial charge on any atom is -0.478 e. The van der Waals surface area contributed by atoms with Crippen LogP contribution in [0.1, 0.15) is 21.6 Å². The molecule has 6 heteroatoms. The maximum atomic E-state index is 11.4. The fourth-order valence-corrected chi connectivity index (χ4v) is 2.38. The highest BCUT2D eigenvalue weighted by molar-refractivity contribution is 6.03. The molecule has 2 aromatic carbocycles. The second kappa shape index (κ2) is 6.29. The number of hydrogen-bond donors (Lipinski definition) is 1. The predicted octanol–water partition coefficient (Wildman–Crippen LogP) is 4.01. The molecule has 1 aromatic heterocycles. The lowest BCUT2D eigenvalue weighted by atomic mass is 10.1. The highest BCUT2D eigenvalue weighted by Gasteiger charge is 2.10. The molecule has 0 saturated heterocycles. The predicted molar refractivity (Wildman–Crippen MR) is 90.7 cm³/mol. The number of nitro groups is 1. The van der Waals surface area contributed by atoms with Crippen LogP contribution in [0.3, 0.4) is 0 Å². The van der Waals surface area contributed by atoms with Gasteiger partial charge in [-0.15, -0.1) is 0 Å². The zero-order chi connectivity index (χ0) is 17.1. The molecule has 0 aliphatic heterocycles. The van der Waals surface area contributed by atoms with Gasteiger partial charge in [0.2, 0.25) is 0 Å². The lowest BCUT2D eigenvalue weighted by molar-refractivity contribution is -0.384. The van der Waals surface area contributed by atoms with E-state index in [9.17, 15) is 20.0 Å². The van der Waals surface area contributed by atoms with E-state index in [0.717, 1.165) is 0 Å². The SMILES string of the molecule is O=C(O)c1cc(/C=C\c2cccc([N+](=O)[O-])c2)nc2ccccc12. The van der Waals surface area contributed by atoms with Crippen molar-refractivity contribution in [3.63, 3.8) is 0 Å². The minimum atomic E-state index is -1.03. The van der Waals surface area contributed by atoms with E-state index in [2.05, 4.69) is 4.98 Å². The molecule has 3 aromatic rings. The first-order chi connectivity index (χ1) is 11.5. The Morgan fingerprint density at radius 3 is 2.62 bits per heavy atom. The zero-order valence-electron chi connectivity index (χ0n) is 12.4. The highest BCUT2D eigenvalue weighted by Crippen LogP contribution is 2.20. The summed E-state index contributed by atoms with van der Waals surface area (Å²) in [6.07, 6.45) is 3.30. The number of benzene rings is 2. The van der Waals surface area contributed by atoms with Crippen LogP contribution in [0, 0.1) is 10.1 Å². The van der Waals surface area contributed by atoms with Gasteiger partial charge in [0.1, 0.15) is 0 Å². The van der Waals surface area contributed by atoms with E-state index >= 15 is 0 Å². The van der Waals surface area contributed by atoms with E-state index in [4.69, 9.17) is 0 Å². The molecule has 0 aliphatic rings. The highest BCUT2D eigenvalue weighted by atomic mass is 16.6. The lowest BCUT2D eigenvalue weighted by Gasteiger charge is -2.04. The van der Waals surface area contributed by atoms with Gasteiger partial charge in [0.05, 0.1) is 21.7 Å². The van der Waals surface area contributed by atoms with Crippen LogP contribution in [0.15, 0.2) is 54.6 Å². The Morgan fingerprint density at radius 2 is 1.88 bits per heavy atom. The van der Waals surface area contributed by atoms with E-state index in [1.165, 1.54) is 18.2 Å². The smallest absolute Gasteiger partial charge is 0.336 e. The molecule has 0 unspecified atom stereocenters. The van der Waals surface area contributed by atoms with Crippen LogP contribution in [0.4, 0.5) is 5.69 Å². The van der Waals surface area contributed by atoms with Crippen LogP contribution in [-0.2, 0) is 0 Å². The third kappa shape index (κ3) is 3.12. The first kappa shape index (κ1) is 15.4. The Kier molecular flexibility index (Phi) is 4.03. The molecule has 0 amide bonds. The van der Waals surface area contributed by atoms with Crippen molar-refractivity contribution < 1.29 is 14.8 Å². The van der Waals surface area contributed by atoms with Crippen molar-refractivity contribution in [3.8, 4) is 0 Å². The van der Waals surface area contributed by atoms with Gasteiger partial charge in [0.25, 0.3) is 5.69 Å². The summed E-state index contributed by atoms with van der Waals surface area (Å²) in [5.74, 6) is -1.03. The summed E-state index contributed by atoms with van der Waals surface area (Å²) in [4.78, 5) is 26.2. The summed E-state index contributed by atoms with van der Waals surface area (Å²) in [5.41, 5.74) is 1.85. The first-order valence-corrected chi connectivity index (χ1v) is 7.10. The van der Waals surface area contributed by atoms with Gasteiger partial charge in [0, 0.05) is 17.5 Å². The van der Waals surface area contributed by atoms with E-state index in [-0.39, 0.29) is 11.3 Å². The fraction of sp³-hybridized carbons (Fsp3) is 0. The molecule has 6 nitrogen and oxygen atoms in total. The van der Waals surface area contributed by atoms with Crippen molar-refractivity contribution in [2.75, 3.05) is 0 Å². The maximum absolute atomic E-state index is 11.4. The van der Waals surface area contributed by atoms with Gasteiger partial charge in [-0.2, -0.15) is 0 Å². The van der Waals surface area contributed by atoms with Crippen molar-refractivity contribution in [1.82, 2.24) is 4.98 Å². The molecule has 0 bridgehead atoms. The van der Waals surface area contributed by atoms with Crippen LogP contribution in [-0.4, -0.2) is 21.0 Å². The number of carboxylic acids is 1. The molecular weight excluding hydrogens is 308 g/mol. The van der Waals surface area contributed by atoms with Crippen LogP contribution in [0.2, 0.25) is 0 Å². The normalized spacial score (nSPS) is 11.0. The van der Waals surface area contributed by atoms with Crippen LogP contribution < -0.4 is 0 Å². The maximum Gasteiger partial charge on any atom is 0.336 e. The number of hydrogen-bond acceptors (Lipinski definition) is 4. The van der Waals surface area contributed by atoms with Crippen LogP contribution in [0.5, 0.6) is 0 Å². The van der Waals surface area contributed by atoms with E-state index in [1.54, 1.807) is 48.6 Å². The number of fused-ring (bicyclic) bond motifs is 1. The summed E-state index contributed by atoms with van der Waals surface area (Å²) < 4.78 is 0.